The van der Waals surface area contributed by atoms with E-state index in [1.165, 1.54) is 6.07 Å². The maximum atomic E-state index is 13.1. The summed E-state index contributed by atoms with van der Waals surface area (Å²) in [7, 11) is 1.67. The lowest BCUT2D eigenvalue weighted by atomic mass is 10.1. The minimum Gasteiger partial charge on any atom is -0.399 e. The molecule has 0 spiro atoms. The Morgan fingerprint density at radius 3 is 2.54 bits per heavy atom. The molecule has 0 amide bonds. The Kier molecular flexibility index (Phi) is 2.83. The van der Waals surface area contributed by atoms with Gasteiger partial charge in [0.25, 0.3) is 0 Å². The van der Waals surface area contributed by atoms with Crippen LogP contribution in [0.2, 0.25) is 0 Å². The molecule has 0 unspecified atom stereocenters. The number of hydrogen-bond donors (Lipinski definition) is 2. The molecule has 0 aliphatic carbocycles. The molecule has 0 saturated heterocycles. The Morgan fingerprint density at radius 2 is 2.00 bits per heavy atom. The largest absolute Gasteiger partial charge is 0.399 e. The predicted molar refractivity (Wildman–Crippen MR) is 48.2 cm³/mol. The SMILES string of the molecule is CN[C@@H](C)c1cc(N)cc(F)c1F. The van der Waals surface area contributed by atoms with E-state index in [9.17, 15) is 8.78 Å². The molecule has 1 aromatic rings. The van der Waals surface area contributed by atoms with Gasteiger partial charge in [-0.3, -0.25) is 0 Å². The highest BCUT2D eigenvalue weighted by molar-refractivity contribution is 5.43. The van der Waals surface area contributed by atoms with E-state index >= 15 is 0 Å². The van der Waals surface area contributed by atoms with Crippen LogP contribution in [0, 0.1) is 11.6 Å². The van der Waals surface area contributed by atoms with Gasteiger partial charge in [-0.15, -0.1) is 0 Å². The predicted octanol–water partition coefficient (Wildman–Crippen LogP) is 1.83. The van der Waals surface area contributed by atoms with Crippen LogP contribution in [-0.4, -0.2) is 7.05 Å². The van der Waals surface area contributed by atoms with Crippen molar-refractivity contribution in [2.45, 2.75) is 13.0 Å². The van der Waals surface area contributed by atoms with Gasteiger partial charge in [0.2, 0.25) is 0 Å². The maximum Gasteiger partial charge on any atom is 0.163 e. The fraction of sp³-hybridized carbons (Fsp3) is 0.333. The molecule has 0 aliphatic rings. The van der Waals surface area contributed by atoms with Crippen LogP contribution in [0.3, 0.4) is 0 Å². The fourth-order valence-corrected chi connectivity index (χ4v) is 1.10. The van der Waals surface area contributed by atoms with Gasteiger partial charge in [0, 0.05) is 17.3 Å². The van der Waals surface area contributed by atoms with Crippen molar-refractivity contribution in [3.8, 4) is 0 Å². The minimum absolute atomic E-state index is 0.232. The van der Waals surface area contributed by atoms with Crippen LogP contribution in [0.1, 0.15) is 18.5 Å². The van der Waals surface area contributed by atoms with Crippen molar-refractivity contribution in [2.24, 2.45) is 0 Å². The van der Waals surface area contributed by atoms with Crippen LogP contribution in [-0.2, 0) is 0 Å². The zero-order chi connectivity index (χ0) is 10.0. The quantitative estimate of drug-likeness (QED) is 0.691. The average Bonchev–Trinajstić information content (AvgIpc) is 2.10. The monoisotopic (exact) mass is 186 g/mol. The summed E-state index contributed by atoms with van der Waals surface area (Å²) in [6.07, 6.45) is 0. The summed E-state index contributed by atoms with van der Waals surface area (Å²) < 4.78 is 26.0. The van der Waals surface area contributed by atoms with Gasteiger partial charge in [0.1, 0.15) is 0 Å². The standard InChI is InChI=1S/C9H12F2N2/c1-5(13-2)7-3-6(12)4-8(10)9(7)11/h3-5,13H,12H2,1-2H3/t5-/m0/s1. The van der Waals surface area contributed by atoms with Gasteiger partial charge in [-0.2, -0.15) is 0 Å². The van der Waals surface area contributed by atoms with E-state index in [0.29, 0.717) is 0 Å². The topological polar surface area (TPSA) is 38.0 Å². The molecule has 0 aliphatic heterocycles. The molecule has 0 fully saturated rings. The molecule has 1 rings (SSSR count). The lowest BCUT2D eigenvalue weighted by molar-refractivity contribution is 0.483. The Hall–Kier alpha value is -1.16. The molecule has 3 N–H and O–H groups in total. The number of anilines is 1. The first-order valence-corrected chi connectivity index (χ1v) is 3.98. The molecule has 2 nitrogen and oxygen atoms in total. The first-order valence-electron chi connectivity index (χ1n) is 3.98. The van der Waals surface area contributed by atoms with E-state index in [2.05, 4.69) is 5.32 Å². The summed E-state index contributed by atoms with van der Waals surface area (Å²) in [6, 6.07) is 2.15. The van der Waals surface area contributed by atoms with Gasteiger partial charge >= 0.3 is 0 Å². The molecule has 72 valence electrons. The second kappa shape index (κ2) is 3.70. The number of nitrogen functional groups attached to an aromatic ring is 1. The number of nitrogens with two attached hydrogens (primary N) is 1. The fourth-order valence-electron chi connectivity index (χ4n) is 1.10. The highest BCUT2D eigenvalue weighted by Crippen LogP contribution is 2.21. The smallest absolute Gasteiger partial charge is 0.163 e. The van der Waals surface area contributed by atoms with Crippen molar-refractivity contribution in [3.63, 3.8) is 0 Å². The second-order valence-electron chi connectivity index (χ2n) is 2.92. The number of benzene rings is 1. The Morgan fingerprint density at radius 1 is 1.38 bits per heavy atom. The third kappa shape index (κ3) is 1.95. The highest BCUT2D eigenvalue weighted by Gasteiger charge is 2.13. The molecule has 0 bridgehead atoms. The number of nitrogens with one attached hydrogen (secondary N) is 1. The highest BCUT2D eigenvalue weighted by atomic mass is 19.2. The zero-order valence-electron chi connectivity index (χ0n) is 7.57. The molecule has 13 heavy (non-hydrogen) atoms. The van der Waals surface area contributed by atoms with Crippen LogP contribution in [0.15, 0.2) is 12.1 Å². The Bertz CT molecular complexity index is 313. The van der Waals surface area contributed by atoms with Crippen LogP contribution >= 0.6 is 0 Å². The van der Waals surface area contributed by atoms with E-state index < -0.39 is 11.6 Å². The average molecular weight is 186 g/mol. The molecular formula is C9H12F2N2. The van der Waals surface area contributed by atoms with Crippen molar-refractivity contribution < 1.29 is 8.78 Å². The van der Waals surface area contributed by atoms with Crippen molar-refractivity contribution in [3.05, 3.63) is 29.3 Å². The van der Waals surface area contributed by atoms with Crippen molar-refractivity contribution in [1.82, 2.24) is 5.32 Å². The first-order chi connectivity index (χ1) is 6.06. The Balaban J connectivity index is 3.20. The van der Waals surface area contributed by atoms with Crippen molar-refractivity contribution in [1.29, 1.82) is 0 Å². The number of hydrogen-bond acceptors (Lipinski definition) is 2. The molecule has 0 radical (unpaired) electrons. The van der Waals surface area contributed by atoms with Crippen LogP contribution in [0.25, 0.3) is 0 Å². The zero-order valence-corrected chi connectivity index (χ0v) is 7.57. The van der Waals surface area contributed by atoms with E-state index in [0.717, 1.165) is 6.07 Å². The molecule has 0 saturated carbocycles. The van der Waals surface area contributed by atoms with E-state index in [-0.39, 0.29) is 17.3 Å². The van der Waals surface area contributed by atoms with E-state index in [1.807, 2.05) is 0 Å². The summed E-state index contributed by atoms with van der Waals surface area (Å²) in [4.78, 5) is 0. The molecule has 0 aromatic heterocycles. The number of rotatable bonds is 2. The lowest BCUT2D eigenvalue weighted by Gasteiger charge is -2.12. The molecule has 0 heterocycles. The number of halogens is 2. The summed E-state index contributed by atoms with van der Waals surface area (Å²) in [5.41, 5.74) is 5.87. The third-order valence-electron chi connectivity index (χ3n) is 1.98. The summed E-state index contributed by atoms with van der Waals surface area (Å²) >= 11 is 0. The van der Waals surface area contributed by atoms with Gasteiger partial charge < -0.3 is 11.1 Å². The van der Waals surface area contributed by atoms with Crippen LogP contribution in [0.5, 0.6) is 0 Å². The molecular weight excluding hydrogens is 174 g/mol. The summed E-state index contributed by atoms with van der Waals surface area (Å²) in [5, 5.41) is 2.81. The van der Waals surface area contributed by atoms with Crippen LogP contribution < -0.4 is 11.1 Å². The van der Waals surface area contributed by atoms with Gasteiger partial charge in [0.05, 0.1) is 0 Å². The molecule has 1 aromatic carbocycles. The van der Waals surface area contributed by atoms with E-state index in [1.54, 1.807) is 14.0 Å². The normalized spacial score (nSPS) is 12.9. The maximum absolute atomic E-state index is 13.1. The molecule has 4 heteroatoms. The minimum atomic E-state index is -0.905. The second-order valence-corrected chi connectivity index (χ2v) is 2.92. The van der Waals surface area contributed by atoms with Gasteiger partial charge in [-0.25, -0.2) is 8.78 Å². The summed E-state index contributed by atoms with van der Waals surface area (Å²) in [5.74, 6) is -1.74. The van der Waals surface area contributed by atoms with Crippen LogP contribution in [0.4, 0.5) is 14.5 Å². The van der Waals surface area contributed by atoms with Gasteiger partial charge in [-0.05, 0) is 26.1 Å². The van der Waals surface area contributed by atoms with Gasteiger partial charge in [-0.1, -0.05) is 0 Å². The van der Waals surface area contributed by atoms with Crippen molar-refractivity contribution in [2.75, 3.05) is 12.8 Å². The Labute approximate surface area is 75.7 Å². The van der Waals surface area contributed by atoms with Gasteiger partial charge in [0.15, 0.2) is 11.6 Å². The molecule has 1 atom stereocenters. The first kappa shape index (κ1) is 9.92. The van der Waals surface area contributed by atoms with E-state index in [4.69, 9.17) is 5.73 Å². The van der Waals surface area contributed by atoms with Crippen molar-refractivity contribution >= 4 is 5.69 Å². The summed E-state index contributed by atoms with van der Waals surface area (Å²) in [6.45, 7) is 1.73. The lowest BCUT2D eigenvalue weighted by Crippen LogP contribution is -2.15. The third-order valence-corrected chi connectivity index (χ3v) is 1.98.